The van der Waals surface area contributed by atoms with Crippen molar-refractivity contribution in [2.75, 3.05) is 13.1 Å². The number of carbonyl (C=O) groups excluding carboxylic acids is 1. The van der Waals surface area contributed by atoms with Crippen LogP contribution in [0.3, 0.4) is 0 Å². The highest BCUT2D eigenvalue weighted by Crippen LogP contribution is 2.19. The number of β-amino-alcohol motifs (C(OH)–C–C–N with tert-alkyl or cyclic N) is 1. The number of hydrogen-bond acceptors (Lipinski definition) is 5. The molecule has 122 valence electrons. The molecule has 0 spiro atoms. The van der Waals surface area contributed by atoms with Gasteiger partial charge in [-0.1, -0.05) is 5.16 Å². The molecule has 6 nitrogen and oxygen atoms in total. The van der Waals surface area contributed by atoms with E-state index in [-0.39, 0.29) is 18.1 Å². The average molecular weight is 319 g/mol. The molecule has 1 fully saturated rings. The normalized spacial score (nSPS) is 17.7. The molecular weight excluding hydrogens is 301 g/mol. The fraction of sp³-hybridized carbons (Fsp3) is 0.438. The van der Waals surface area contributed by atoms with E-state index >= 15 is 0 Å². The third-order valence-electron chi connectivity index (χ3n) is 3.95. The van der Waals surface area contributed by atoms with Crippen LogP contribution in [0.2, 0.25) is 0 Å². The minimum atomic E-state index is -0.421. The van der Waals surface area contributed by atoms with Crippen LogP contribution < -0.4 is 0 Å². The van der Waals surface area contributed by atoms with E-state index in [2.05, 4.69) is 10.1 Å². The van der Waals surface area contributed by atoms with E-state index in [4.69, 9.17) is 4.52 Å². The van der Waals surface area contributed by atoms with Crippen LogP contribution in [-0.2, 0) is 11.2 Å². The number of rotatable bonds is 4. The van der Waals surface area contributed by atoms with Gasteiger partial charge in [-0.3, -0.25) is 4.79 Å². The zero-order valence-electron chi connectivity index (χ0n) is 12.8. The second-order valence-corrected chi connectivity index (χ2v) is 5.76. The zero-order chi connectivity index (χ0) is 16.4. The largest absolute Gasteiger partial charge is 0.391 e. The van der Waals surface area contributed by atoms with Crippen molar-refractivity contribution >= 4 is 5.91 Å². The average Bonchev–Trinajstić information content (AvgIpc) is 3.17. The first-order chi connectivity index (χ1) is 11.0. The Morgan fingerprint density at radius 3 is 3.04 bits per heavy atom. The molecule has 2 heterocycles. The Bertz CT molecular complexity index is 716. The van der Waals surface area contributed by atoms with Gasteiger partial charge in [0.25, 0.3) is 0 Å². The van der Waals surface area contributed by atoms with Gasteiger partial charge in [-0.05, 0) is 37.1 Å². The number of aliphatic hydroxyl groups is 1. The minimum Gasteiger partial charge on any atom is -0.391 e. The van der Waals surface area contributed by atoms with Crippen LogP contribution in [0.1, 0.15) is 24.3 Å². The van der Waals surface area contributed by atoms with Crippen LogP contribution in [0.4, 0.5) is 4.39 Å². The molecular formula is C16H18FN3O3. The van der Waals surface area contributed by atoms with Crippen LogP contribution >= 0.6 is 0 Å². The van der Waals surface area contributed by atoms with Crippen molar-refractivity contribution in [3.8, 4) is 11.4 Å². The molecule has 0 bridgehead atoms. The molecule has 1 aromatic carbocycles. The molecule has 1 amide bonds. The summed E-state index contributed by atoms with van der Waals surface area (Å²) in [5.41, 5.74) is 1.18. The molecule has 3 rings (SSSR count). The maximum atomic E-state index is 13.3. The number of likely N-dealkylation sites (tertiary alicyclic amines) is 1. The lowest BCUT2D eigenvalue weighted by atomic mass is 10.1. The lowest BCUT2D eigenvalue weighted by molar-refractivity contribution is -0.130. The van der Waals surface area contributed by atoms with Crippen LogP contribution in [0.25, 0.3) is 11.4 Å². The summed E-state index contributed by atoms with van der Waals surface area (Å²) >= 11 is 0. The summed E-state index contributed by atoms with van der Waals surface area (Å²) in [5.74, 6) is 0.442. The molecule has 0 saturated carbocycles. The van der Waals surface area contributed by atoms with Crippen molar-refractivity contribution < 1.29 is 18.8 Å². The van der Waals surface area contributed by atoms with Gasteiger partial charge in [-0.25, -0.2) is 4.39 Å². The van der Waals surface area contributed by atoms with Gasteiger partial charge in [0.05, 0.1) is 6.10 Å². The van der Waals surface area contributed by atoms with Gasteiger partial charge in [0, 0.05) is 31.5 Å². The molecule has 0 radical (unpaired) electrons. The standard InChI is InChI=1S/C16H18FN3O3/c1-10-8-11(2-3-13(10)17)16-18-14(23-19-16)4-5-15(22)20-7-6-12(21)9-20/h2-3,8,12,21H,4-7,9H2,1H3/t12-/m0/s1. The molecule has 2 aromatic rings. The summed E-state index contributed by atoms with van der Waals surface area (Å²) in [5, 5.41) is 13.3. The van der Waals surface area contributed by atoms with E-state index in [1.165, 1.54) is 6.07 Å². The number of benzene rings is 1. The molecule has 1 aliphatic rings. The molecule has 1 saturated heterocycles. The van der Waals surface area contributed by atoms with Crippen LogP contribution in [0, 0.1) is 12.7 Å². The lowest BCUT2D eigenvalue weighted by Crippen LogP contribution is -2.29. The highest BCUT2D eigenvalue weighted by molar-refractivity contribution is 5.76. The number of aromatic nitrogens is 2. The van der Waals surface area contributed by atoms with Gasteiger partial charge in [-0.15, -0.1) is 0 Å². The molecule has 0 unspecified atom stereocenters. The van der Waals surface area contributed by atoms with Crippen molar-refractivity contribution in [3.05, 3.63) is 35.5 Å². The van der Waals surface area contributed by atoms with Gasteiger partial charge >= 0.3 is 0 Å². The van der Waals surface area contributed by atoms with E-state index in [1.807, 2.05) is 0 Å². The fourth-order valence-electron chi connectivity index (χ4n) is 2.60. The summed E-state index contributed by atoms with van der Waals surface area (Å²) in [6, 6.07) is 4.61. The third kappa shape index (κ3) is 3.56. The first-order valence-corrected chi connectivity index (χ1v) is 7.58. The maximum Gasteiger partial charge on any atom is 0.227 e. The van der Waals surface area contributed by atoms with E-state index in [0.29, 0.717) is 48.8 Å². The van der Waals surface area contributed by atoms with E-state index in [9.17, 15) is 14.3 Å². The summed E-state index contributed by atoms with van der Waals surface area (Å²) in [6.45, 7) is 2.65. The number of nitrogens with zero attached hydrogens (tertiary/aromatic N) is 3. The van der Waals surface area contributed by atoms with Crippen molar-refractivity contribution in [1.82, 2.24) is 15.0 Å². The van der Waals surface area contributed by atoms with Crippen molar-refractivity contribution in [2.24, 2.45) is 0 Å². The van der Waals surface area contributed by atoms with Gasteiger partial charge in [0.2, 0.25) is 17.6 Å². The molecule has 7 heteroatoms. The molecule has 0 aliphatic carbocycles. The number of amides is 1. The molecule has 23 heavy (non-hydrogen) atoms. The topological polar surface area (TPSA) is 79.5 Å². The van der Waals surface area contributed by atoms with Gasteiger partial charge in [0.1, 0.15) is 5.82 Å². The Balaban J connectivity index is 1.61. The van der Waals surface area contributed by atoms with Crippen molar-refractivity contribution in [1.29, 1.82) is 0 Å². The first kappa shape index (κ1) is 15.6. The second kappa shape index (κ2) is 6.45. The summed E-state index contributed by atoms with van der Waals surface area (Å²) in [6.07, 6.45) is 0.811. The van der Waals surface area contributed by atoms with Gasteiger partial charge in [-0.2, -0.15) is 4.98 Å². The Labute approximate surface area is 132 Å². The number of carbonyl (C=O) groups is 1. The van der Waals surface area contributed by atoms with Crippen LogP contribution in [0.5, 0.6) is 0 Å². The SMILES string of the molecule is Cc1cc(-c2noc(CCC(=O)N3CC[C@H](O)C3)n2)ccc1F. The fourth-order valence-corrected chi connectivity index (χ4v) is 2.60. The Kier molecular flexibility index (Phi) is 4.38. The quantitative estimate of drug-likeness (QED) is 0.928. The Hall–Kier alpha value is -2.28. The molecule has 1 aliphatic heterocycles. The predicted octanol–water partition coefficient (Wildman–Crippen LogP) is 1.71. The predicted molar refractivity (Wildman–Crippen MR) is 80.0 cm³/mol. The summed E-state index contributed by atoms with van der Waals surface area (Å²) in [7, 11) is 0. The van der Waals surface area contributed by atoms with Crippen LogP contribution in [0.15, 0.2) is 22.7 Å². The second-order valence-electron chi connectivity index (χ2n) is 5.76. The molecule has 1 atom stereocenters. The Morgan fingerprint density at radius 1 is 1.52 bits per heavy atom. The van der Waals surface area contributed by atoms with Gasteiger partial charge in [0.15, 0.2) is 0 Å². The highest BCUT2D eigenvalue weighted by Gasteiger charge is 2.24. The zero-order valence-corrected chi connectivity index (χ0v) is 12.8. The lowest BCUT2D eigenvalue weighted by Gasteiger charge is -2.14. The number of hydrogen-bond donors (Lipinski definition) is 1. The number of halogens is 1. The third-order valence-corrected chi connectivity index (χ3v) is 3.95. The summed E-state index contributed by atoms with van der Waals surface area (Å²) < 4.78 is 18.4. The van der Waals surface area contributed by atoms with Crippen LogP contribution in [-0.4, -0.2) is 45.2 Å². The van der Waals surface area contributed by atoms with E-state index in [1.54, 1.807) is 24.0 Å². The molecule has 1 aromatic heterocycles. The van der Waals surface area contributed by atoms with Crippen molar-refractivity contribution in [2.45, 2.75) is 32.3 Å². The smallest absolute Gasteiger partial charge is 0.227 e. The number of aryl methyl sites for hydroxylation is 2. The van der Waals surface area contributed by atoms with Crippen molar-refractivity contribution in [3.63, 3.8) is 0 Å². The highest BCUT2D eigenvalue weighted by atomic mass is 19.1. The monoisotopic (exact) mass is 319 g/mol. The minimum absolute atomic E-state index is 0.0288. The maximum absolute atomic E-state index is 13.3. The first-order valence-electron chi connectivity index (χ1n) is 7.58. The van der Waals surface area contributed by atoms with E-state index in [0.717, 1.165) is 0 Å². The Morgan fingerprint density at radius 2 is 2.35 bits per heavy atom. The summed E-state index contributed by atoms with van der Waals surface area (Å²) in [4.78, 5) is 17.9. The van der Waals surface area contributed by atoms with E-state index < -0.39 is 6.10 Å². The number of aliphatic hydroxyl groups excluding tert-OH is 1. The molecule has 1 N–H and O–H groups in total. The van der Waals surface area contributed by atoms with Gasteiger partial charge < -0.3 is 14.5 Å².